The van der Waals surface area contributed by atoms with Crippen LogP contribution in [0.15, 0.2) is 18.3 Å². The lowest BCUT2D eigenvalue weighted by molar-refractivity contribution is 0.0509. The van der Waals surface area contributed by atoms with Gasteiger partial charge in [0.15, 0.2) is 17.6 Å². The van der Waals surface area contributed by atoms with Crippen LogP contribution in [0, 0.1) is 6.92 Å². The monoisotopic (exact) mass is 433 g/mol. The first-order valence-electron chi connectivity index (χ1n) is 10.2. The topological polar surface area (TPSA) is 64.4 Å². The van der Waals surface area contributed by atoms with E-state index in [9.17, 15) is 4.39 Å². The van der Waals surface area contributed by atoms with Gasteiger partial charge in [-0.1, -0.05) is 24.3 Å². The predicted molar refractivity (Wildman–Crippen MR) is 118 cm³/mol. The number of aryl methyl sites for hydroxylation is 2. The van der Waals surface area contributed by atoms with E-state index in [0.717, 1.165) is 45.4 Å². The standard InChI is InChI=1S/C21H28FN5O2S/c1-5-14-6-13(2)7-17(29-12-28-4)19(14)27-11-18-20(25-27)24-21(30-18)23-16-8-15(22)9-26(3)10-16/h6-7,11,15-16H,5,8-10,12H2,1-4H3,(H,23,24,25)/t15-,16-/m1/s1. The molecule has 0 aliphatic carbocycles. The fraction of sp³-hybridized carbons (Fsp3) is 0.524. The van der Waals surface area contributed by atoms with Crippen LogP contribution in [0.3, 0.4) is 0 Å². The highest BCUT2D eigenvalue weighted by atomic mass is 32.1. The van der Waals surface area contributed by atoms with Crippen molar-refractivity contribution in [3.05, 3.63) is 29.5 Å². The Morgan fingerprint density at radius 3 is 2.87 bits per heavy atom. The average Bonchev–Trinajstić information content (AvgIpc) is 3.23. The number of thiazole rings is 1. The quantitative estimate of drug-likeness (QED) is 0.572. The van der Waals surface area contributed by atoms with E-state index in [2.05, 4.69) is 30.2 Å². The van der Waals surface area contributed by atoms with Gasteiger partial charge in [-0.15, -0.1) is 5.10 Å². The molecule has 7 nitrogen and oxygen atoms in total. The number of rotatable bonds is 7. The van der Waals surface area contributed by atoms with Crippen LogP contribution in [-0.4, -0.2) is 65.9 Å². The van der Waals surface area contributed by atoms with E-state index >= 15 is 0 Å². The Bertz CT molecular complexity index is 979. The van der Waals surface area contributed by atoms with Crippen molar-refractivity contribution in [3.63, 3.8) is 0 Å². The van der Waals surface area contributed by atoms with Gasteiger partial charge in [-0.3, -0.25) is 0 Å². The lowest BCUT2D eigenvalue weighted by atomic mass is 10.1. The first-order chi connectivity index (χ1) is 14.5. The zero-order valence-electron chi connectivity index (χ0n) is 17.8. The number of methoxy groups -OCH3 is 1. The summed E-state index contributed by atoms with van der Waals surface area (Å²) in [7, 11) is 3.55. The molecule has 162 valence electrons. The summed E-state index contributed by atoms with van der Waals surface area (Å²) in [5.41, 5.74) is 3.86. The number of nitrogens with one attached hydrogen (secondary N) is 1. The molecule has 1 aliphatic rings. The summed E-state index contributed by atoms with van der Waals surface area (Å²) < 4.78 is 27.6. The SMILES string of the molecule is CCc1cc(C)cc(OCOC)c1-n1cc2sc(N[C@@H]3C[C@@H](F)CN(C)C3)nc2n1. The number of alkyl halides is 1. The zero-order chi connectivity index (χ0) is 21.3. The van der Waals surface area contributed by atoms with Crippen molar-refractivity contribution in [1.29, 1.82) is 0 Å². The Morgan fingerprint density at radius 1 is 1.33 bits per heavy atom. The number of nitrogens with zero attached hydrogens (tertiary/aromatic N) is 4. The average molecular weight is 434 g/mol. The number of halogens is 1. The van der Waals surface area contributed by atoms with E-state index in [1.54, 1.807) is 7.11 Å². The molecule has 0 unspecified atom stereocenters. The lowest BCUT2D eigenvalue weighted by Crippen LogP contribution is -2.45. The molecule has 0 amide bonds. The zero-order valence-corrected chi connectivity index (χ0v) is 18.6. The third-order valence-corrected chi connectivity index (χ3v) is 6.14. The minimum absolute atomic E-state index is 0.0546. The smallest absolute Gasteiger partial charge is 0.194 e. The molecular formula is C21H28FN5O2S. The largest absolute Gasteiger partial charge is 0.465 e. The van der Waals surface area contributed by atoms with Crippen LogP contribution in [0.2, 0.25) is 0 Å². The maximum atomic E-state index is 13.9. The molecule has 0 spiro atoms. The normalized spacial score (nSPS) is 20.0. The molecule has 1 saturated heterocycles. The molecule has 0 radical (unpaired) electrons. The number of hydrogen-bond acceptors (Lipinski definition) is 7. The number of ether oxygens (including phenoxy) is 2. The lowest BCUT2D eigenvalue weighted by Gasteiger charge is -2.32. The van der Waals surface area contributed by atoms with E-state index in [0.29, 0.717) is 18.6 Å². The molecule has 1 fully saturated rings. The molecule has 9 heteroatoms. The van der Waals surface area contributed by atoms with E-state index in [1.165, 1.54) is 11.3 Å². The molecule has 3 heterocycles. The number of anilines is 1. The second kappa shape index (κ2) is 8.87. The molecule has 1 aliphatic heterocycles. The van der Waals surface area contributed by atoms with Crippen molar-refractivity contribution in [2.24, 2.45) is 0 Å². The van der Waals surface area contributed by atoms with Crippen LogP contribution in [0.5, 0.6) is 5.75 Å². The summed E-state index contributed by atoms with van der Waals surface area (Å²) in [5, 5.41) is 8.87. The number of fused-ring (bicyclic) bond motifs is 1. The Morgan fingerprint density at radius 2 is 2.17 bits per heavy atom. The van der Waals surface area contributed by atoms with Crippen LogP contribution in [0.25, 0.3) is 16.0 Å². The predicted octanol–water partition coefficient (Wildman–Crippen LogP) is 3.79. The van der Waals surface area contributed by atoms with Gasteiger partial charge in [-0.05, 0) is 37.6 Å². The molecule has 1 N–H and O–H groups in total. The first-order valence-corrected chi connectivity index (χ1v) is 11.0. The highest BCUT2D eigenvalue weighted by Gasteiger charge is 2.26. The fourth-order valence-corrected chi connectivity index (χ4v) is 4.90. The number of benzene rings is 1. The van der Waals surface area contributed by atoms with Gasteiger partial charge in [0.25, 0.3) is 0 Å². The van der Waals surface area contributed by atoms with Gasteiger partial charge in [0.1, 0.15) is 17.6 Å². The van der Waals surface area contributed by atoms with E-state index < -0.39 is 6.17 Å². The molecular weight excluding hydrogens is 405 g/mol. The van der Waals surface area contributed by atoms with E-state index in [-0.39, 0.29) is 12.8 Å². The second-order valence-electron chi connectivity index (χ2n) is 7.85. The van der Waals surface area contributed by atoms with Gasteiger partial charge in [0, 0.05) is 32.7 Å². The van der Waals surface area contributed by atoms with Gasteiger partial charge >= 0.3 is 0 Å². The molecule has 2 aromatic heterocycles. The van der Waals surface area contributed by atoms with Gasteiger partial charge in [0.05, 0.1) is 10.9 Å². The van der Waals surface area contributed by atoms with Crippen molar-refractivity contribution in [1.82, 2.24) is 19.7 Å². The Balaban J connectivity index is 1.61. The van der Waals surface area contributed by atoms with Gasteiger partial charge in [-0.25, -0.2) is 9.07 Å². The van der Waals surface area contributed by atoms with Crippen molar-refractivity contribution in [2.75, 3.05) is 39.4 Å². The van der Waals surface area contributed by atoms with Crippen molar-refractivity contribution < 1.29 is 13.9 Å². The molecule has 30 heavy (non-hydrogen) atoms. The first kappa shape index (κ1) is 21.0. The minimum atomic E-state index is -0.806. The van der Waals surface area contributed by atoms with E-state index in [4.69, 9.17) is 14.6 Å². The summed E-state index contributed by atoms with van der Waals surface area (Å²) in [6.07, 6.45) is 2.53. The molecule has 4 rings (SSSR count). The minimum Gasteiger partial charge on any atom is -0.465 e. The van der Waals surface area contributed by atoms with Crippen LogP contribution >= 0.6 is 11.3 Å². The summed E-state index contributed by atoms with van der Waals surface area (Å²) in [5.74, 6) is 0.737. The van der Waals surface area contributed by atoms with Crippen molar-refractivity contribution in [2.45, 2.75) is 38.9 Å². The fourth-order valence-electron chi connectivity index (χ4n) is 4.00. The summed E-state index contributed by atoms with van der Waals surface area (Å²) in [6.45, 7) is 5.64. The van der Waals surface area contributed by atoms with E-state index in [1.807, 2.05) is 28.9 Å². The van der Waals surface area contributed by atoms with Crippen molar-refractivity contribution >= 4 is 26.8 Å². The second-order valence-corrected chi connectivity index (χ2v) is 8.88. The summed E-state index contributed by atoms with van der Waals surface area (Å²) in [4.78, 5) is 6.65. The van der Waals surface area contributed by atoms with Crippen LogP contribution in [0.4, 0.5) is 9.52 Å². The number of hydrogen-bond donors (Lipinski definition) is 1. The number of likely N-dealkylation sites (N-methyl/N-ethyl adjacent to an activating group) is 1. The van der Waals surface area contributed by atoms with Gasteiger partial charge in [-0.2, -0.15) is 4.98 Å². The highest BCUT2D eigenvalue weighted by Crippen LogP contribution is 2.33. The third kappa shape index (κ3) is 4.43. The van der Waals surface area contributed by atoms with Crippen LogP contribution in [-0.2, 0) is 11.2 Å². The molecule has 3 aromatic rings. The number of piperidine rings is 1. The van der Waals surface area contributed by atoms with Crippen molar-refractivity contribution in [3.8, 4) is 11.4 Å². The van der Waals surface area contributed by atoms with Gasteiger partial charge < -0.3 is 19.7 Å². The van der Waals surface area contributed by atoms with Crippen LogP contribution < -0.4 is 10.1 Å². The Hall–Kier alpha value is -2.23. The molecule has 0 bridgehead atoms. The number of likely N-dealkylation sites (tertiary alicyclic amines) is 1. The summed E-state index contributed by atoms with van der Waals surface area (Å²) >= 11 is 1.54. The third-order valence-electron chi connectivity index (χ3n) is 5.23. The maximum absolute atomic E-state index is 13.9. The van der Waals surface area contributed by atoms with Crippen LogP contribution in [0.1, 0.15) is 24.5 Å². The summed E-state index contributed by atoms with van der Waals surface area (Å²) in [6, 6.07) is 4.20. The molecule has 2 atom stereocenters. The maximum Gasteiger partial charge on any atom is 0.194 e. The highest BCUT2D eigenvalue weighted by molar-refractivity contribution is 7.22. The molecule has 1 aromatic carbocycles. The Labute approximate surface area is 179 Å². The Kier molecular flexibility index (Phi) is 6.21. The number of aromatic nitrogens is 3. The molecule has 0 saturated carbocycles. The van der Waals surface area contributed by atoms with Gasteiger partial charge in [0.2, 0.25) is 0 Å².